The first-order chi connectivity index (χ1) is 25.6. The molecule has 0 N–H and O–H groups in total. The predicted molar refractivity (Wildman–Crippen MR) is 221 cm³/mol. The Hall–Kier alpha value is -6.64. The van der Waals surface area contributed by atoms with Crippen molar-refractivity contribution >= 4 is 43.6 Å². The Balaban J connectivity index is 1.13. The second-order valence-electron chi connectivity index (χ2n) is 13.9. The molecule has 2 heterocycles. The smallest absolute Gasteiger partial charge is 0.0541 e. The molecule has 0 unspecified atom stereocenters. The molecule has 0 saturated carbocycles. The second kappa shape index (κ2) is 12.0. The second-order valence-corrected chi connectivity index (χ2v) is 13.9. The van der Waals surface area contributed by atoms with Gasteiger partial charge in [-0.25, -0.2) is 0 Å². The van der Waals surface area contributed by atoms with Crippen molar-refractivity contribution in [3.8, 4) is 44.8 Å². The Labute approximate surface area is 303 Å². The quantitative estimate of drug-likeness (QED) is 0.173. The molecule has 0 aliphatic carbocycles. The van der Waals surface area contributed by atoms with Crippen molar-refractivity contribution in [3.63, 3.8) is 0 Å². The molecule has 0 bridgehead atoms. The van der Waals surface area contributed by atoms with E-state index in [1.807, 2.05) is 0 Å². The number of para-hydroxylation sites is 3. The van der Waals surface area contributed by atoms with E-state index in [0.717, 1.165) is 11.4 Å². The van der Waals surface area contributed by atoms with Crippen LogP contribution in [0.1, 0.15) is 11.1 Å². The van der Waals surface area contributed by atoms with Crippen molar-refractivity contribution < 1.29 is 0 Å². The van der Waals surface area contributed by atoms with Crippen LogP contribution >= 0.6 is 0 Å². The number of benzene rings is 8. The van der Waals surface area contributed by atoms with Gasteiger partial charge < -0.3 is 9.13 Å². The molecular weight excluding hydrogens is 629 g/mol. The van der Waals surface area contributed by atoms with E-state index in [1.165, 1.54) is 88.1 Å². The maximum atomic E-state index is 2.45. The van der Waals surface area contributed by atoms with Crippen LogP contribution in [0.15, 0.2) is 182 Å². The van der Waals surface area contributed by atoms with Crippen molar-refractivity contribution in [3.05, 3.63) is 193 Å². The summed E-state index contributed by atoms with van der Waals surface area (Å²) in [5, 5.41) is 5.05. The molecule has 0 spiro atoms. The summed E-state index contributed by atoms with van der Waals surface area (Å²) in [5.74, 6) is 0. The molecule has 2 nitrogen and oxygen atoms in total. The Morgan fingerprint density at radius 2 is 0.712 bits per heavy atom. The van der Waals surface area contributed by atoms with Crippen LogP contribution in [-0.2, 0) is 0 Å². The van der Waals surface area contributed by atoms with E-state index in [-0.39, 0.29) is 0 Å². The zero-order valence-electron chi connectivity index (χ0n) is 29.2. The van der Waals surface area contributed by atoms with Gasteiger partial charge in [0.2, 0.25) is 0 Å². The lowest BCUT2D eigenvalue weighted by Crippen LogP contribution is -1.97. The molecule has 0 atom stereocenters. The van der Waals surface area contributed by atoms with Crippen LogP contribution in [-0.4, -0.2) is 9.13 Å². The lowest BCUT2D eigenvalue weighted by Gasteiger charge is -2.16. The summed E-state index contributed by atoms with van der Waals surface area (Å²) in [6, 6.07) is 66.6. The van der Waals surface area contributed by atoms with Gasteiger partial charge in [0.15, 0.2) is 0 Å². The molecule has 0 aliphatic rings. The van der Waals surface area contributed by atoms with Gasteiger partial charge in [-0.05, 0) is 119 Å². The molecule has 0 radical (unpaired) electrons. The molecule has 8 aromatic carbocycles. The average Bonchev–Trinajstić information content (AvgIpc) is 3.71. The number of aryl methyl sites for hydroxylation is 2. The van der Waals surface area contributed by atoms with E-state index in [0.29, 0.717) is 0 Å². The van der Waals surface area contributed by atoms with Crippen LogP contribution < -0.4 is 0 Å². The monoisotopic (exact) mass is 664 g/mol. The minimum Gasteiger partial charge on any atom is -0.309 e. The average molecular weight is 665 g/mol. The first-order valence-electron chi connectivity index (χ1n) is 18.0. The van der Waals surface area contributed by atoms with Gasteiger partial charge in [0.1, 0.15) is 0 Å². The summed E-state index contributed by atoms with van der Waals surface area (Å²) in [5.41, 5.74) is 17.1. The zero-order valence-corrected chi connectivity index (χ0v) is 29.2. The van der Waals surface area contributed by atoms with Gasteiger partial charge >= 0.3 is 0 Å². The summed E-state index contributed by atoms with van der Waals surface area (Å²) in [7, 11) is 0. The molecule has 10 aromatic rings. The van der Waals surface area contributed by atoms with Gasteiger partial charge in [0.05, 0.1) is 22.1 Å². The molecular formula is C50H36N2. The first-order valence-corrected chi connectivity index (χ1v) is 18.0. The number of hydrogen-bond donors (Lipinski definition) is 0. The number of nitrogens with zero attached hydrogens (tertiary/aromatic N) is 2. The summed E-state index contributed by atoms with van der Waals surface area (Å²) in [4.78, 5) is 0. The SMILES string of the molecule is Cc1ccccc1-c1cc(-c2ccccc2C)cc(-n2c3ccccc3c3cc(-c4ccc(-n5c6ccccc6c6ccccc65)cc4)ccc32)c1. The van der Waals surface area contributed by atoms with E-state index in [4.69, 9.17) is 0 Å². The van der Waals surface area contributed by atoms with Crippen molar-refractivity contribution in [1.82, 2.24) is 9.13 Å². The minimum absolute atomic E-state index is 1.16. The highest BCUT2D eigenvalue weighted by molar-refractivity contribution is 6.11. The van der Waals surface area contributed by atoms with E-state index in [9.17, 15) is 0 Å². The lowest BCUT2D eigenvalue weighted by molar-refractivity contribution is 1.18. The fraction of sp³-hybridized carbons (Fsp3) is 0.0400. The third kappa shape index (κ3) is 4.80. The number of hydrogen-bond acceptors (Lipinski definition) is 0. The van der Waals surface area contributed by atoms with Gasteiger partial charge in [-0.2, -0.15) is 0 Å². The van der Waals surface area contributed by atoms with Gasteiger partial charge in [0.25, 0.3) is 0 Å². The Bertz CT molecular complexity index is 2860. The third-order valence-corrected chi connectivity index (χ3v) is 10.8. The van der Waals surface area contributed by atoms with Crippen molar-refractivity contribution in [2.45, 2.75) is 13.8 Å². The summed E-state index contributed by atoms with van der Waals surface area (Å²) in [6.07, 6.45) is 0. The number of fused-ring (bicyclic) bond motifs is 6. The Morgan fingerprint density at radius 1 is 0.288 bits per heavy atom. The first kappa shape index (κ1) is 30.2. The standard InChI is InChI=1S/C50H36N2/c1-33-13-3-5-15-41(33)37-29-38(42-16-6-4-14-34(42)2)31-40(30-37)52-49-22-12-9-19-45(49)46-32-36(25-28-50(46)52)35-23-26-39(27-24-35)51-47-20-10-7-17-43(47)44-18-8-11-21-48(44)51/h3-32H,1-2H3. The molecule has 2 aromatic heterocycles. The van der Waals surface area contributed by atoms with Crippen LogP contribution in [0.4, 0.5) is 0 Å². The molecule has 10 rings (SSSR count). The highest BCUT2D eigenvalue weighted by Crippen LogP contribution is 2.39. The summed E-state index contributed by atoms with van der Waals surface area (Å²) < 4.78 is 4.82. The molecule has 2 heteroatoms. The van der Waals surface area contributed by atoms with Crippen LogP contribution in [0.25, 0.3) is 88.4 Å². The fourth-order valence-electron chi connectivity index (χ4n) is 8.28. The molecule has 52 heavy (non-hydrogen) atoms. The van der Waals surface area contributed by atoms with Crippen LogP contribution in [0.3, 0.4) is 0 Å². The Morgan fingerprint density at radius 3 is 1.25 bits per heavy atom. The van der Waals surface area contributed by atoms with Crippen LogP contribution in [0.2, 0.25) is 0 Å². The molecule has 0 fully saturated rings. The Kier molecular flexibility index (Phi) is 6.97. The largest absolute Gasteiger partial charge is 0.309 e. The van der Waals surface area contributed by atoms with Crippen molar-refractivity contribution in [1.29, 1.82) is 0 Å². The summed E-state index contributed by atoms with van der Waals surface area (Å²) >= 11 is 0. The van der Waals surface area contributed by atoms with E-state index in [1.54, 1.807) is 0 Å². The maximum Gasteiger partial charge on any atom is 0.0541 e. The van der Waals surface area contributed by atoms with Gasteiger partial charge in [0, 0.05) is 32.9 Å². The van der Waals surface area contributed by atoms with Crippen LogP contribution in [0, 0.1) is 13.8 Å². The van der Waals surface area contributed by atoms with Crippen molar-refractivity contribution in [2.75, 3.05) is 0 Å². The molecule has 0 amide bonds. The summed E-state index contributed by atoms with van der Waals surface area (Å²) in [6.45, 7) is 4.40. The fourth-order valence-corrected chi connectivity index (χ4v) is 8.28. The zero-order chi connectivity index (χ0) is 34.8. The van der Waals surface area contributed by atoms with Gasteiger partial charge in [-0.15, -0.1) is 0 Å². The molecule has 0 saturated heterocycles. The van der Waals surface area contributed by atoms with Crippen molar-refractivity contribution in [2.24, 2.45) is 0 Å². The normalized spacial score (nSPS) is 11.7. The van der Waals surface area contributed by atoms with Gasteiger partial charge in [-0.1, -0.05) is 121 Å². The highest BCUT2D eigenvalue weighted by atomic mass is 15.0. The number of aromatic nitrogens is 2. The predicted octanol–water partition coefficient (Wildman–Crippen LogP) is 13.5. The number of rotatable bonds is 5. The minimum atomic E-state index is 1.16. The van der Waals surface area contributed by atoms with Gasteiger partial charge in [-0.3, -0.25) is 0 Å². The lowest BCUT2D eigenvalue weighted by atomic mass is 9.94. The molecule has 0 aliphatic heterocycles. The van der Waals surface area contributed by atoms with E-state index >= 15 is 0 Å². The van der Waals surface area contributed by atoms with E-state index < -0.39 is 0 Å². The maximum absolute atomic E-state index is 2.45. The topological polar surface area (TPSA) is 9.86 Å². The third-order valence-electron chi connectivity index (χ3n) is 10.8. The highest BCUT2D eigenvalue weighted by Gasteiger charge is 2.17. The molecule has 246 valence electrons. The van der Waals surface area contributed by atoms with E-state index in [2.05, 4.69) is 205 Å². The van der Waals surface area contributed by atoms with Crippen LogP contribution in [0.5, 0.6) is 0 Å².